The zero-order valence-corrected chi connectivity index (χ0v) is 14.9. The lowest BCUT2D eigenvalue weighted by Gasteiger charge is -2.21. The van der Waals surface area contributed by atoms with Crippen LogP contribution >= 0.6 is 11.6 Å². The van der Waals surface area contributed by atoms with Gasteiger partial charge in [0.25, 0.3) is 0 Å². The van der Waals surface area contributed by atoms with Gasteiger partial charge >= 0.3 is 0 Å². The summed E-state index contributed by atoms with van der Waals surface area (Å²) in [5.74, 6) is -0.0463. The zero-order chi connectivity index (χ0) is 16.3. The van der Waals surface area contributed by atoms with E-state index < -0.39 is 5.38 Å². The van der Waals surface area contributed by atoms with Crippen LogP contribution < -0.4 is 5.32 Å². The van der Waals surface area contributed by atoms with E-state index in [1.807, 2.05) is 30.3 Å². The molecule has 1 aromatic carbocycles. The van der Waals surface area contributed by atoms with E-state index >= 15 is 0 Å². The minimum atomic E-state index is -0.586. The van der Waals surface area contributed by atoms with E-state index in [0.29, 0.717) is 0 Å². The van der Waals surface area contributed by atoms with Gasteiger partial charge in [0.05, 0.1) is 0 Å². The molecular formula is C20H30ClNO. The lowest BCUT2D eigenvalue weighted by molar-refractivity contribution is -0.121. The first-order chi connectivity index (χ1) is 11.3. The van der Waals surface area contributed by atoms with Crippen LogP contribution in [0.4, 0.5) is 0 Å². The number of halogens is 1. The highest BCUT2D eigenvalue weighted by Crippen LogP contribution is 2.22. The van der Waals surface area contributed by atoms with Gasteiger partial charge in [-0.25, -0.2) is 0 Å². The summed E-state index contributed by atoms with van der Waals surface area (Å²) >= 11 is 6.34. The highest BCUT2D eigenvalue weighted by molar-refractivity contribution is 6.30. The molecule has 0 heterocycles. The first kappa shape index (κ1) is 18.3. The number of alkyl halides is 1. The fourth-order valence-corrected chi connectivity index (χ4v) is 3.56. The maximum absolute atomic E-state index is 12.4. The van der Waals surface area contributed by atoms with Gasteiger partial charge in [-0.15, -0.1) is 11.6 Å². The number of hydrogen-bond donors (Lipinski definition) is 1. The van der Waals surface area contributed by atoms with Gasteiger partial charge < -0.3 is 5.32 Å². The topological polar surface area (TPSA) is 29.1 Å². The van der Waals surface area contributed by atoms with Crippen LogP contribution in [0.5, 0.6) is 0 Å². The van der Waals surface area contributed by atoms with Crippen LogP contribution in [0.2, 0.25) is 0 Å². The van der Waals surface area contributed by atoms with Gasteiger partial charge in [0.2, 0.25) is 5.91 Å². The smallest absolute Gasteiger partial charge is 0.242 e. The van der Waals surface area contributed by atoms with E-state index in [1.54, 1.807) is 0 Å². The summed E-state index contributed by atoms with van der Waals surface area (Å²) < 4.78 is 0. The molecule has 0 spiro atoms. The number of rotatable bonds is 3. The molecule has 0 aliphatic heterocycles. The van der Waals surface area contributed by atoms with Crippen molar-refractivity contribution in [2.45, 2.75) is 82.0 Å². The Hall–Kier alpha value is -1.02. The number of hydrogen-bond acceptors (Lipinski definition) is 1. The molecule has 128 valence electrons. The van der Waals surface area contributed by atoms with Crippen LogP contribution in [0.15, 0.2) is 30.3 Å². The number of carbonyl (C=O) groups is 1. The predicted molar refractivity (Wildman–Crippen MR) is 97.8 cm³/mol. The van der Waals surface area contributed by atoms with Crippen LogP contribution in [0.1, 0.15) is 81.6 Å². The average Bonchev–Trinajstić information content (AvgIpc) is 2.57. The summed E-state index contributed by atoms with van der Waals surface area (Å²) in [6, 6.07) is 9.91. The Morgan fingerprint density at radius 2 is 1.35 bits per heavy atom. The molecule has 0 saturated heterocycles. The zero-order valence-electron chi connectivity index (χ0n) is 14.1. The molecule has 1 N–H and O–H groups in total. The molecule has 1 atom stereocenters. The molecular weight excluding hydrogens is 306 g/mol. The van der Waals surface area contributed by atoms with Gasteiger partial charge in [0, 0.05) is 6.04 Å². The Balaban J connectivity index is 1.85. The minimum absolute atomic E-state index is 0.0463. The van der Waals surface area contributed by atoms with E-state index in [-0.39, 0.29) is 11.9 Å². The van der Waals surface area contributed by atoms with Gasteiger partial charge in [0.1, 0.15) is 5.38 Å². The van der Waals surface area contributed by atoms with Crippen molar-refractivity contribution in [3.63, 3.8) is 0 Å². The molecule has 3 heteroatoms. The lowest BCUT2D eigenvalue weighted by Crippen LogP contribution is -2.37. The number of carbonyl (C=O) groups excluding carboxylic acids is 1. The molecule has 0 bridgehead atoms. The van der Waals surface area contributed by atoms with Crippen molar-refractivity contribution < 1.29 is 4.79 Å². The SMILES string of the molecule is O=C(NC1CCCCCCCCCCC1)C(Cl)c1ccccc1. The Morgan fingerprint density at radius 3 is 1.87 bits per heavy atom. The monoisotopic (exact) mass is 335 g/mol. The summed E-state index contributed by atoms with van der Waals surface area (Å²) in [6.07, 6.45) is 14.0. The fraction of sp³-hybridized carbons (Fsp3) is 0.650. The lowest BCUT2D eigenvalue weighted by atomic mass is 9.97. The Morgan fingerprint density at radius 1 is 0.870 bits per heavy atom. The molecule has 23 heavy (non-hydrogen) atoms. The molecule has 1 amide bonds. The van der Waals surface area contributed by atoms with Gasteiger partial charge in [-0.3, -0.25) is 4.79 Å². The normalized spacial score (nSPS) is 20.0. The highest BCUT2D eigenvalue weighted by Gasteiger charge is 2.20. The third kappa shape index (κ3) is 6.95. The Kier molecular flexibility index (Phi) is 8.52. The largest absolute Gasteiger partial charge is 0.352 e. The van der Waals surface area contributed by atoms with E-state index in [9.17, 15) is 4.79 Å². The van der Waals surface area contributed by atoms with Crippen LogP contribution in [-0.2, 0) is 4.79 Å². The third-order valence-corrected chi connectivity index (χ3v) is 5.22. The summed E-state index contributed by atoms with van der Waals surface area (Å²) in [5, 5.41) is 2.61. The molecule has 1 unspecified atom stereocenters. The quantitative estimate of drug-likeness (QED) is 0.699. The van der Waals surface area contributed by atoms with E-state index in [0.717, 1.165) is 18.4 Å². The molecule has 1 fully saturated rings. The van der Waals surface area contributed by atoms with E-state index in [4.69, 9.17) is 11.6 Å². The second-order valence-electron chi connectivity index (χ2n) is 6.74. The van der Waals surface area contributed by atoms with Crippen molar-refractivity contribution >= 4 is 17.5 Å². The van der Waals surface area contributed by atoms with Crippen LogP contribution in [0.25, 0.3) is 0 Å². The molecule has 2 nitrogen and oxygen atoms in total. The second-order valence-corrected chi connectivity index (χ2v) is 7.17. The molecule has 1 saturated carbocycles. The number of amides is 1. The van der Waals surface area contributed by atoms with Crippen molar-refractivity contribution in [1.82, 2.24) is 5.32 Å². The third-order valence-electron chi connectivity index (χ3n) is 4.77. The first-order valence-corrected chi connectivity index (χ1v) is 9.70. The second kappa shape index (κ2) is 10.7. The Labute approximate surface area is 146 Å². The van der Waals surface area contributed by atoms with Crippen LogP contribution in [0, 0.1) is 0 Å². The van der Waals surface area contributed by atoms with Crippen LogP contribution in [-0.4, -0.2) is 11.9 Å². The molecule has 0 aromatic heterocycles. The fourth-order valence-electron chi connectivity index (χ4n) is 3.36. The molecule has 1 aliphatic carbocycles. The summed E-state index contributed by atoms with van der Waals surface area (Å²) in [5.41, 5.74) is 0.875. The maximum Gasteiger partial charge on any atom is 0.242 e. The van der Waals surface area contributed by atoms with Gasteiger partial charge in [-0.05, 0) is 18.4 Å². The number of benzene rings is 1. The van der Waals surface area contributed by atoms with Crippen molar-refractivity contribution in [2.24, 2.45) is 0 Å². The summed E-state index contributed by atoms with van der Waals surface area (Å²) in [4.78, 5) is 12.4. The van der Waals surface area contributed by atoms with Crippen molar-refractivity contribution in [1.29, 1.82) is 0 Å². The molecule has 1 aromatic rings. The van der Waals surface area contributed by atoms with E-state index in [1.165, 1.54) is 57.8 Å². The first-order valence-electron chi connectivity index (χ1n) is 9.27. The molecule has 1 aliphatic rings. The van der Waals surface area contributed by atoms with E-state index in [2.05, 4.69) is 5.32 Å². The standard InChI is InChI=1S/C20H30ClNO/c21-19(17-13-9-8-10-14-17)20(23)22-18-15-11-6-4-2-1-3-5-7-12-16-18/h8-10,13-14,18-19H,1-7,11-12,15-16H2,(H,22,23). The van der Waals surface area contributed by atoms with Crippen molar-refractivity contribution in [3.05, 3.63) is 35.9 Å². The van der Waals surface area contributed by atoms with Gasteiger partial charge in [-0.1, -0.05) is 88.1 Å². The average molecular weight is 336 g/mol. The molecule has 0 radical (unpaired) electrons. The summed E-state index contributed by atoms with van der Waals surface area (Å²) in [7, 11) is 0. The highest BCUT2D eigenvalue weighted by atomic mass is 35.5. The van der Waals surface area contributed by atoms with Crippen molar-refractivity contribution in [3.8, 4) is 0 Å². The Bertz CT molecular complexity index is 436. The van der Waals surface area contributed by atoms with Crippen molar-refractivity contribution in [2.75, 3.05) is 0 Å². The van der Waals surface area contributed by atoms with Crippen LogP contribution in [0.3, 0.4) is 0 Å². The van der Waals surface area contributed by atoms with Gasteiger partial charge in [-0.2, -0.15) is 0 Å². The maximum atomic E-state index is 12.4. The summed E-state index contributed by atoms with van der Waals surface area (Å²) in [6.45, 7) is 0. The minimum Gasteiger partial charge on any atom is -0.352 e. The predicted octanol–water partition coefficient (Wildman–Crippen LogP) is 5.76. The molecule has 2 rings (SSSR count). The van der Waals surface area contributed by atoms with Gasteiger partial charge in [0.15, 0.2) is 0 Å². The number of nitrogens with one attached hydrogen (secondary N) is 1.